The minimum Gasteiger partial charge on any atom is -0.464 e. The van der Waals surface area contributed by atoms with Gasteiger partial charge in [0.05, 0.1) is 13.2 Å². The molecule has 1 aliphatic rings. The van der Waals surface area contributed by atoms with Gasteiger partial charge in [-0.2, -0.15) is 0 Å². The molecule has 0 bridgehead atoms. The maximum Gasteiger partial charge on any atom is 0.354 e. The maximum absolute atomic E-state index is 13.0. The molecule has 1 fully saturated rings. The lowest BCUT2D eigenvalue weighted by Crippen LogP contribution is -2.43. The Balaban J connectivity index is 1.74. The largest absolute Gasteiger partial charge is 0.464 e. The first-order chi connectivity index (χ1) is 13.1. The van der Waals surface area contributed by atoms with Gasteiger partial charge in [-0.05, 0) is 43.0 Å². The van der Waals surface area contributed by atoms with E-state index in [0.29, 0.717) is 17.8 Å². The Morgan fingerprint density at radius 2 is 2.11 bits per heavy atom. The molecule has 1 aliphatic heterocycles. The van der Waals surface area contributed by atoms with Crippen LogP contribution in [0.1, 0.15) is 47.0 Å². The third kappa shape index (κ3) is 4.57. The molecule has 2 aromatic rings. The number of methoxy groups -OCH3 is 1. The zero-order valence-corrected chi connectivity index (χ0v) is 15.9. The van der Waals surface area contributed by atoms with E-state index in [1.165, 1.54) is 7.11 Å². The van der Waals surface area contributed by atoms with E-state index in [9.17, 15) is 9.59 Å². The molecule has 1 aromatic carbocycles. The predicted molar refractivity (Wildman–Crippen MR) is 103 cm³/mol. The summed E-state index contributed by atoms with van der Waals surface area (Å²) < 4.78 is 10.6. The molecule has 1 saturated heterocycles. The molecule has 27 heavy (non-hydrogen) atoms. The number of carbonyl (C=O) groups excluding carboxylic acids is 2. The highest BCUT2D eigenvalue weighted by molar-refractivity contribution is 5.96. The van der Waals surface area contributed by atoms with Crippen molar-refractivity contribution in [1.29, 1.82) is 0 Å². The first kappa shape index (κ1) is 19.2. The lowest BCUT2D eigenvalue weighted by molar-refractivity contribution is 0.00211. The monoisotopic (exact) mass is 370 g/mol. The smallest absolute Gasteiger partial charge is 0.354 e. The number of aromatic amines is 1. The number of ether oxygens (including phenoxy) is 2. The number of esters is 1. The number of amides is 1. The minimum absolute atomic E-state index is 0.0189. The van der Waals surface area contributed by atoms with Crippen LogP contribution in [0.25, 0.3) is 11.1 Å². The van der Waals surface area contributed by atoms with Crippen LogP contribution in [-0.4, -0.2) is 54.7 Å². The molecule has 0 spiro atoms. The van der Waals surface area contributed by atoms with Crippen LogP contribution in [0.2, 0.25) is 0 Å². The molecule has 1 amide bonds. The fourth-order valence-corrected chi connectivity index (χ4v) is 3.35. The zero-order valence-electron chi connectivity index (χ0n) is 15.9. The van der Waals surface area contributed by atoms with Gasteiger partial charge in [0.1, 0.15) is 5.69 Å². The summed E-state index contributed by atoms with van der Waals surface area (Å²) in [5, 5.41) is 0. The summed E-state index contributed by atoms with van der Waals surface area (Å²) in [6.07, 6.45) is 4.81. The van der Waals surface area contributed by atoms with Crippen molar-refractivity contribution < 1.29 is 19.1 Å². The van der Waals surface area contributed by atoms with Gasteiger partial charge >= 0.3 is 5.97 Å². The Hall–Kier alpha value is -2.60. The highest BCUT2D eigenvalue weighted by Crippen LogP contribution is 2.23. The van der Waals surface area contributed by atoms with Crippen LogP contribution in [-0.2, 0) is 9.47 Å². The average Bonchev–Trinajstić information content (AvgIpc) is 3.22. The van der Waals surface area contributed by atoms with Crippen molar-refractivity contribution >= 4 is 11.9 Å². The molecule has 1 aromatic heterocycles. The molecule has 1 N–H and O–H groups in total. The van der Waals surface area contributed by atoms with Crippen molar-refractivity contribution in [1.82, 2.24) is 9.88 Å². The van der Waals surface area contributed by atoms with E-state index in [4.69, 9.17) is 9.47 Å². The Kier molecular flexibility index (Phi) is 6.29. The Morgan fingerprint density at radius 3 is 2.89 bits per heavy atom. The predicted octanol–water partition coefficient (Wildman–Crippen LogP) is 3.50. The second-order valence-corrected chi connectivity index (χ2v) is 6.76. The topological polar surface area (TPSA) is 71.6 Å². The van der Waals surface area contributed by atoms with E-state index >= 15 is 0 Å². The summed E-state index contributed by atoms with van der Waals surface area (Å²) in [7, 11) is 1.35. The highest BCUT2D eigenvalue weighted by atomic mass is 16.5. The average molecular weight is 370 g/mol. The van der Waals surface area contributed by atoms with Crippen LogP contribution in [0.5, 0.6) is 0 Å². The number of hydrogen-bond donors (Lipinski definition) is 1. The van der Waals surface area contributed by atoms with E-state index in [0.717, 1.165) is 43.5 Å². The van der Waals surface area contributed by atoms with E-state index in [1.54, 1.807) is 12.3 Å². The third-order valence-electron chi connectivity index (χ3n) is 4.75. The van der Waals surface area contributed by atoms with Crippen molar-refractivity contribution in [3.8, 4) is 11.1 Å². The third-order valence-corrected chi connectivity index (χ3v) is 4.75. The Morgan fingerprint density at radius 1 is 1.26 bits per heavy atom. The Bertz CT molecular complexity index is 799. The van der Waals surface area contributed by atoms with E-state index in [-0.39, 0.29) is 12.0 Å². The van der Waals surface area contributed by atoms with Crippen LogP contribution in [0.15, 0.2) is 36.5 Å². The molecule has 144 valence electrons. The van der Waals surface area contributed by atoms with Crippen molar-refractivity contribution in [3.63, 3.8) is 0 Å². The van der Waals surface area contributed by atoms with Crippen molar-refractivity contribution in [2.75, 3.05) is 26.8 Å². The van der Waals surface area contributed by atoms with E-state index in [1.807, 2.05) is 29.2 Å². The fraction of sp³-hybridized carbons (Fsp3) is 0.429. The van der Waals surface area contributed by atoms with Crippen LogP contribution >= 0.6 is 0 Å². The number of likely N-dealkylation sites (tertiary alicyclic amines) is 1. The first-order valence-corrected chi connectivity index (χ1v) is 9.40. The highest BCUT2D eigenvalue weighted by Gasteiger charge is 2.25. The molecule has 0 unspecified atom stereocenters. The van der Waals surface area contributed by atoms with Gasteiger partial charge in [0.25, 0.3) is 5.91 Å². The summed E-state index contributed by atoms with van der Waals surface area (Å²) in [5.41, 5.74) is 2.75. The number of nitrogens with one attached hydrogen (secondary N) is 1. The summed E-state index contributed by atoms with van der Waals surface area (Å²) in [5.74, 6) is -0.398. The van der Waals surface area contributed by atoms with Gasteiger partial charge in [0, 0.05) is 37.0 Å². The molecule has 0 radical (unpaired) electrons. The number of hydrogen-bond acceptors (Lipinski definition) is 4. The van der Waals surface area contributed by atoms with E-state index < -0.39 is 5.97 Å². The van der Waals surface area contributed by atoms with Crippen LogP contribution in [0.4, 0.5) is 0 Å². The molecule has 0 aliphatic carbocycles. The lowest BCUT2D eigenvalue weighted by atomic mass is 10.0. The van der Waals surface area contributed by atoms with Gasteiger partial charge in [-0.25, -0.2) is 4.79 Å². The number of rotatable bonds is 6. The normalized spacial score (nSPS) is 17.0. The zero-order chi connectivity index (χ0) is 19.2. The SMILES string of the molecule is CCCO[C@@H]1CCCN(C(=O)c2cccc(-c3c[nH]c(C(=O)OC)c3)c2)C1. The van der Waals surface area contributed by atoms with Crippen molar-refractivity contribution in [3.05, 3.63) is 47.8 Å². The standard InChI is InChI=1S/C21H26N2O4/c1-3-10-27-18-8-5-9-23(14-18)20(24)16-7-4-6-15(11-16)17-12-19(22-13-17)21(25)26-2/h4,6-7,11-13,18,22H,3,5,8-10,14H2,1-2H3/t18-/m1/s1. The van der Waals surface area contributed by atoms with Gasteiger partial charge in [-0.1, -0.05) is 19.1 Å². The molecule has 6 heteroatoms. The first-order valence-electron chi connectivity index (χ1n) is 9.40. The van der Waals surface area contributed by atoms with Gasteiger partial charge in [-0.3, -0.25) is 4.79 Å². The number of nitrogens with zero attached hydrogens (tertiary/aromatic N) is 1. The van der Waals surface area contributed by atoms with Gasteiger partial charge in [0.15, 0.2) is 0 Å². The van der Waals surface area contributed by atoms with Gasteiger partial charge in [0.2, 0.25) is 0 Å². The van der Waals surface area contributed by atoms with Crippen LogP contribution in [0.3, 0.4) is 0 Å². The summed E-state index contributed by atoms with van der Waals surface area (Å²) in [6, 6.07) is 9.21. The molecule has 0 saturated carbocycles. The summed E-state index contributed by atoms with van der Waals surface area (Å²) in [4.78, 5) is 29.4. The van der Waals surface area contributed by atoms with Crippen LogP contribution in [0, 0.1) is 0 Å². The number of benzene rings is 1. The van der Waals surface area contributed by atoms with Gasteiger partial charge in [-0.15, -0.1) is 0 Å². The molecule has 6 nitrogen and oxygen atoms in total. The van der Waals surface area contributed by atoms with Crippen molar-refractivity contribution in [2.24, 2.45) is 0 Å². The number of piperidine rings is 1. The second kappa shape index (κ2) is 8.86. The second-order valence-electron chi connectivity index (χ2n) is 6.76. The number of aromatic nitrogens is 1. The quantitative estimate of drug-likeness (QED) is 0.790. The molecular weight excluding hydrogens is 344 g/mol. The molecular formula is C21H26N2O4. The van der Waals surface area contributed by atoms with Crippen molar-refractivity contribution in [2.45, 2.75) is 32.3 Å². The number of carbonyl (C=O) groups is 2. The maximum atomic E-state index is 13.0. The minimum atomic E-state index is -0.417. The van der Waals surface area contributed by atoms with Crippen LogP contribution < -0.4 is 0 Å². The summed E-state index contributed by atoms with van der Waals surface area (Å²) in [6.45, 7) is 4.22. The molecule has 1 atom stereocenters. The Labute approximate surface area is 159 Å². The van der Waals surface area contributed by atoms with Gasteiger partial charge < -0.3 is 19.4 Å². The van der Waals surface area contributed by atoms with E-state index in [2.05, 4.69) is 11.9 Å². The number of H-pyrrole nitrogens is 1. The lowest BCUT2D eigenvalue weighted by Gasteiger charge is -2.32. The summed E-state index contributed by atoms with van der Waals surface area (Å²) >= 11 is 0. The molecule has 3 rings (SSSR count). The molecule has 2 heterocycles. The fourth-order valence-electron chi connectivity index (χ4n) is 3.35.